The third-order valence-corrected chi connectivity index (χ3v) is 5.26. The number of aromatic nitrogens is 7. The summed E-state index contributed by atoms with van der Waals surface area (Å²) in [6, 6.07) is 0.00763. The van der Waals surface area contributed by atoms with Gasteiger partial charge in [0.1, 0.15) is 11.5 Å². The molecule has 134 valence electrons. The van der Waals surface area contributed by atoms with Gasteiger partial charge < -0.3 is 4.90 Å². The van der Waals surface area contributed by atoms with Crippen molar-refractivity contribution < 1.29 is 0 Å². The van der Waals surface area contributed by atoms with Gasteiger partial charge in [0.25, 0.3) is 0 Å². The summed E-state index contributed by atoms with van der Waals surface area (Å²) in [5.74, 6) is 3.23. The Balaban J connectivity index is 1.66. The molecule has 3 aromatic heterocycles. The zero-order valence-corrected chi connectivity index (χ0v) is 15.4. The lowest BCUT2D eigenvalue weighted by Gasteiger charge is -2.36. The van der Waals surface area contributed by atoms with Crippen molar-refractivity contribution in [3.63, 3.8) is 0 Å². The number of aryl methyl sites for hydroxylation is 1. The monoisotopic (exact) mass is 370 g/mol. The maximum Gasteiger partial charge on any atom is 0.224 e. The molecule has 1 unspecified atom stereocenters. The molecule has 0 spiro atoms. The summed E-state index contributed by atoms with van der Waals surface area (Å²) in [6.07, 6.45) is 9.16. The maximum absolute atomic E-state index is 6.13. The lowest BCUT2D eigenvalue weighted by atomic mass is 10.1. The molecule has 1 aliphatic heterocycles. The molecule has 0 saturated heterocycles. The summed E-state index contributed by atoms with van der Waals surface area (Å²) in [6.45, 7) is 5.04. The molecule has 26 heavy (non-hydrogen) atoms. The van der Waals surface area contributed by atoms with Crippen molar-refractivity contribution in [1.82, 2.24) is 34.5 Å². The van der Waals surface area contributed by atoms with Gasteiger partial charge in [0, 0.05) is 12.7 Å². The summed E-state index contributed by atoms with van der Waals surface area (Å²) in [4.78, 5) is 10.9. The van der Waals surface area contributed by atoms with E-state index in [4.69, 9.17) is 11.6 Å². The fourth-order valence-electron chi connectivity index (χ4n) is 3.65. The second-order valence-electron chi connectivity index (χ2n) is 6.95. The van der Waals surface area contributed by atoms with Crippen LogP contribution in [0.5, 0.6) is 0 Å². The van der Waals surface area contributed by atoms with Crippen LogP contribution < -0.4 is 4.90 Å². The van der Waals surface area contributed by atoms with E-state index in [-0.39, 0.29) is 11.3 Å². The minimum atomic E-state index is 0.00763. The Kier molecular flexibility index (Phi) is 3.49. The molecule has 0 bridgehead atoms. The highest BCUT2D eigenvalue weighted by Crippen LogP contribution is 2.43. The summed E-state index contributed by atoms with van der Waals surface area (Å²) in [7, 11) is 0. The summed E-state index contributed by atoms with van der Waals surface area (Å²) in [5, 5.41) is 13.5. The first-order valence-electron chi connectivity index (χ1n) is 8.92. The largest absolute Gasteiger partial charge is 0.311 e. The van der Waals surface area contributed by atoms with Crippen LogP contribution in [-0.4, -0.2) is 34.5 Å². The summed E-state index contributed by atoms with van der Waals surface area (Å²) >= 11 is 6.13. The van der Waals surface area contributed by atoms with Gasteiger partial charge in [-0.05, 0) is 43.7 Å². The van der Waals surface area contributed by atoms with Crippen molar-refractivity contribution >= 4 is 23.1 Å². The van der Waals surface area contributed by atoms with E-state index in [1.807, 2.05) is 22.4 Å². The van der Waals surface area contributed by atoms with Gasteiger partial charge in [0.05, 0.1) is 24.1 Å². The first-order chi connectivity index (χ1) is 12.7. The maximum atomic E-state index is 6.13. The van der Waals surface area contributed by atoms with Crippen LogP contribution in [0.1, 0.15) is 43.9 Å². The molecular weight excluding hydrogens is 352 g/mol. The smallest absolute Gasteiger partial charge is 0.224 e. The molecule has 0 amide bonds. The van der Waals surface area contributed by atoms with E-state index in [1.165, 1.54) is 12.8 Å². The fourth-order valence-corrected chi connectivity index (χ4v) is 3.77. The normalized spacial score (nSPS) is 18.7. The zero-order valence-electron chi connectivity index (χ0n) is 14.7. The molecular formula is C17H19ClN8. The highest BCUT2D eigenvalue weighted by Gasteiger charge is 2.36. The number of hydrogen-bond donors (Lipinski definition) is 0. The van der Waals surface area contributed by atoms with E-state index >= 15 is 0 Å². The third-order valence-electron chi connectivity index (χ3n) is 5.08. The SMILES string of the molecule is CCC1c2nnc(C)n2-c2cnc(Cl)nc2N1c1cnn(CC2CC2)c1. The molecule has 0 aromatic carbocycles. The Hall–Kier alpha value is -2.48. The second kappa shape index (κ2) is 5.77. The van der Waals surface area contributed by atoms with Gasteiger partial charge in [-0.1, -0.05) is 6.92 Å². The Labute approximate surface area is 155 Å². The van der Waals surface area contributed by atoms with Crippen LogP contribution in [0.2, 0.25) is 5.28 Å². The average molecular weight is 371 g/mol. The summed E-state index contributed by atoms with van der Waals surface area (Å²) in [5.41, 5.74) is 1.83. The summed E-state index contributed by atoms with van der Waals surface area (Å²) < 4.78 is 4.04. The number of fused-ring (bicyclic) bond motifs is 3. The van der Waals surface area contributed by atoms with Crippen molar-refractivity contribution in [2.75, 3.05) is 4.90 Å². The quantitative estimate of drug-likeness (QED) is 0.656. The lowest BCUT2D eigenvalue weighted by molar-refractivity contribution is 0.561. The van der Waals surface area contributed by atoms with Crippen LogP contribution in [0.25, 0.3) is 5.69 Å². The zero-order chi connectivity index (χ0) is 17.8. The van der Waals surface area contributed by atoms with E-state index in [9.17, 15) is 0 Å². The molecule has 1 aliphatic carbocycles. The minimum Gasteiger partial charge on any atom is -0.311 e. The highest BCUT2D eigenvalue weighted by molar-refractivity contribution is 6.28. The highest BCUT2D eigenvalue weighted by atomic mass is 35.5. The second-order valence-corrected chi connectivity index (χ2v) is 7.28. The molecule has 2 aliphatic rings. The number of nitrogens with zero attached hydrogens (tertiary/aromatic N) is 8. The molecule has 1 saturated carbocycles. The van der Waals surface area contributed by atoms with Gasteiger partial charge in [-0.3, -0.25) is 9.25 Å². The van der Waals surface area contributed by atoms with Crippen molar-refractivity contribution in [3.8, 4) is 5.69 Å². The standard InChI is InChI=1S/C17H19ClN8/c1-3-13-16-23-22-10(2)25(16)14-7-19-17(18)21-15(14)26(13)12-6-20-24(9-12)8-11-4-5-11/h6-7,9,11,13H,3-5,8H2,1-2H3. The van der Waals surface area contributed by atoms with E-state index in [2.05, 4.69) is 43.3 Å². The average Bonchev–Trinajstić information content (AvgIpc) is 3.19. The van der Waals surface area contributed by atoms with Crippen LogP contribution in [0.4, 0.5) is 11.5 Å². The third kappa shape index (κ3) is 2.39. The molecule has 1 fully saturated rings. The number of halogens is 1. The van der Waals surface area contributed by atoms with Crippen molar-refractivity contribution in [2.24, 2.45) is 5.92 Å². The Morgan fingerprint density at radius 3 is 2.85 bits per heavy atom. The Morgan fingerprint density at radius 2 is 2.08 bits per heavy atom. The van der Waals surface area contributed by atoms with E-state index in [0.717, 1.165) is 47.7 Å². The van der Waals surface area contributed by atoms with Gasteiger partial charge in [-0.2, -0.15) is 10.1 Å². The van der Waals surface area contributed by atoms with Gasteiger partial charge in [-0.15, -0.1) is 10.2 Å². The van der Waals surface area contributed by atoms with Gasteiger partial charge in [-0.25, -0.2) is 4.98 Å². The molecule has 4 heterocycles. The Morgan fingerprint density at radius 1 is 1.23 bits per heavy atom. The topological polar surface area (TPSA) is 77.6 Å². The first kappa shape index (κ1) is 15.7. The van der Waals surface area contributed by atoms with Crippen molar-refractivity contribution in [2.45, 2.75) is 45.7 Å². The molecule has 5 rings (SSSR count). The predicted molar refractivity (Wildman–Crippen MR) is 96.8 cm³/mol. The van der Waals surface area contributed by atoms with Crippen LogP contribution >= 0.6 is 11.6 Å². The molecule has 9 heteroatoms. The van der Waals surface area contributed by atoms with Crippen LogP contribution in [0.3, 0.4) is 0 Å². The van der Waals surface area contributed by atoms with E-state index in [0.29, 0.717) is 0 Å². The number of rotatable bonds is 4. The van der Waals surface area contributed by atoms with E-state index in [1.54, 1.807) is 6.20 Å². The molecule has 3 aromatic rings. The fraction of sp³-hybridized carbons (Fsp3) is 0.471. The molecule has 0 N–H and O–H groups in total. The van der Waals surface area contributed by atoms with Gasteiger partial charge in [0.2, 0.25) is 5.28 Å². The van der Waals surface area contributed by atoms with Crippen LogP contribution in [0.15, 0.2) is 18.6 Å². The lowest BCUT2D eigenvalue weighted by Crippen LogP contribution is -2.32. The minimum absolute atomic E-state index is 0.00763. The van der Waals surface area contributed by atoms with Gasteiger partial charge in [0.15, 0.2) is 11.6 Å². The molecule has 1 atom stereocenters. The first-order valence-corrected chi connectivity index (χ1v) is 9.30. The predicted octanol–water partition coefficient (Wildman–Crippen LogP) is 3.23. The van der Waals surface area contributed by atoms with Crippen LogP contribution in [0, 0.1) is 12.8 Å². The van der Waals surface area contributed by atoms with Crippen molar-refractivity contribution in [3.05, 3.63) is 35.5 Å². The number of anilines is 2. The Bertz CT molecular complexity index is 973. The molecule has 0 radical (unpaired) electrons. The number of hydrogen-bond acceptors (Lipinski definition) is 6. The van der Waals surface area contributed by atoms with Crippen LogP contribution in [-0.2, 0) is 6.54 Å². The van der Waals surface area contributed by atoms with E-state index < -0.39 is 0 Å². The van der Waals surface area contributed by atoms with Gasteiger partial charge >= 0.3 is 0 Å². The van der Waals surface area contributed by atoms with Crippen molar-refractivity contribution in [1.29, 1.82) is 0 Å². The molecule has 8 nitrogen and oxygen atoms in total.